The zero-order chi connectivity index (χ0) is 17.8. The van der Waals surface area contributed by atoms with Crippen molar-refractivity contribution in [3.8, 4) is 11.5 Å². The highest BCUT2D eigenvalue weighted by atomic mass is 16.5. The highest BCUT2D eigenvalue weighted by Crippen LogP contribution is 2.34. The van der Waals surface area contributed by atoms with Gasteiger partial charge in [-0.3, -0.25) is 4.90 Å². The highest BCUT2D eigenvalue weighted by Gasteiger charge is 2.28. The maximum absolute atomic E-state index is 13.1. The summed E-state index contributed by atoms with van der Waals surface area (Å²) < 4.78 is 11.0. The van der Waals surface area contributed by atoms with Crippen LogP contribution >= 0.6 is 0 Å². The number of methoxy groups -OCH3 is 2. The maximum Gasteiger partial charge on any atom is 0.324 e. The smallest absolute Gasteiger partial charge is 0.324 e. The van der Waals surface area contributed by atoms with Crippen molar-refractivity contribution in [2.45, 2.75) is 26.3 Å². The number of fused-ring (bicyclic) bond motifs is 2. The number of allylic oxidation sites excluding steroid dienone is 1. The Morgan fingerprint density at radius 2 is 2.04 bits per heavy atom. The van der Waals surface area contributed by atoms with Crippen molar-refractivity contribution in [2.75, 3.05) is 40.4 Å². The molecule has 0 spiro atoms. The van der Waals surface area contributed by atoms with Crippen LogP contribution in [-0.4, -0.2) is 56.2 Å². The first kappa shape index (κ1) is 17.6. The van der Waals surface area contributed by atoms with Crippen LogP contribution in [0, 0.1) is 0 Å². The molecule has 0 radical (unpaired) electrons. The Bertz CT molecular complexity index is 672. The monoisotopic (exact) mass is 345 g/mol. The molecule has 0 atom stereocenters. The van der Waals surface area contributed by atoms with E-state index in [-0.39, 0.29) is 6.03 Å². The second-order valence-electron chi connectivity index (χ2n) is 6.32. The van der Waals surface area contributed by atoms with Crippen LogP contribution in [-0.2, 0) is 13.0 Å². The third kappa shape index (κ3) is 3.58. The Labute approximate surface area is 149 Å². The fourth-order valence-corrected chi connectivity index (χ4v) is 3.49. The summed E-state index contributed by atoms with van der Waals surface area (Å²) in [6.45, 7) is 5.72. The largest absolute Gasteiger partial charge is 0.497 e. The lowest BCUT2D eigenvalue weighted by molar-refractivity contribution is 0.167. The van der Waals surface area contributed by atoms with Crippen molar-refractivity contribution >= 4 is 6.03 Å². The molecule has 0 bridgehead atoms. The average Bonchev–Trinajstić information content (AvgIpc) is 2.78. The lowest BCUT2D eigenvalue weighted by atomic mass is 10.0. The summed E-state index contributed by atoms with van der Waals surface area (Å²) in [5, 5.41) is 3.42. The van der Waals surface area contributed by atoms with Crippen LogP contribution in [0.5, 0.6) is 11.5 Å². The lowest BCUT2D eigenvalue weighted by Gasteiger charge is -2.30. The fourth-order valence-electron chi connectivity index (χ4n) is 3.49. The van der Waals surface area contributed by atoms with Crippen molar-refractivity contribution in [1.29, 1.82) is 0 Å². The molecule has 136 valence electrons. The molecule has 0 saturated carbocycles. The number of hydrogen-bond acceptors (Lipinski definition) is 4. The van der Waals surface area contributed by atoms with Crippen LogP contribution in [0.3, 0.4) is 0 Å². The number of hydrogen-bond donors (Lipinski definition) is 1. The molecule has 3 rings (SSSR count). The van der Waals surface area contributed by atoms with E-state index in [0.717, 1.165) is 60.8 Å². The van der Waals surface area contributed by atoms with Gasteiger partial charge < -0.3 is 19.7 Å². The molecule has 1 N–H and O–H groups in total. The van der Waals surface area contributed by atoms with E-state index < -0.39 is 0 Å². The molecule has 2 aliphatic heterocycles. The van der Waals surface area contributed by atoms with Crippen LogP contribution in [0.4, 0.5) is 4.79 Å². The van der Waals surface area contributed by atoms with Gasteiger partial charge in [-0.1, -0.05) is 6.08 Å². The molecule has 25 heavy (non-hydrogen) atoms. The summed E-state index contributed by atoms with van der Waals surface area (Å²) in [6, 6.07) is 4.00. The first-order chi connectivity index (χ1) is 12.2. The van der Waals surface area contributed by atoms with E-state index in [1.54, 1.807) is 14.2 Å². The molecule has 1 saturated heterocycles. The summed E-state index contributed by atoms with van der Waals surface area (Å²) in [5.74, 6) is 1.57. The number of benzene rings is 1. The molecule has 6 nitrogen and oxygen atoms in total. The third-order valence-corrected chi connectivity index (χ3v) is 4.95. The van der Waals surface area contributed by atoms with Gasteiger partial charge in [-0.2, -0.15) is 0 Å². The van der Waals surface area contributed by atoms with E-state index in [4.69, 9.17) is 9.47 Å². The van der Waals surface area contributed by atoms with Crippen molar-refractivity contribution in [2.24, 2.45) is 0 Å². The number of likely N-dealkylation sites (N-methyl/N-ethyl adjacent to an activating group) is 1. The molecule has 0 aromatic heterocycles. The number of ether oxygens (including phenoxy) is 2. The summed E-state index contributed by atoms with van der Waals surface area (Å²) in [6.07, 6.45) is 3.77. The summed E-state index contributed by atoms with van der Waals surface area (Å²) in [5.41, 5.74) is 3.29. The maximum atomic E-state index is 13.1. The molecule has 2 amide bonds. The van der Waals surface area contributed by atoms with Gasteiger partial charge in [0, 0.05) is 49.9 Å². The van der Waals surface area contributed by atoms with Crippen LogP contribution in [0.25, 0.3) is 0 Å². The summed E-state index contributed by atoms with van der Waals surface area (Å²) in [7, 11) is 3.33. The Kier molecular flexibility index (Phi) is 5.48. The fraction of sp³-hybridized carbons (Fsp3) is 0.526. The molecule has 6 heteroatoms. The van der Waals surface area contributed by atoms with Crippen molar-refractivity contribution in [3.05, 3.63) is 35.0 Å². The van der Waals surface area contributed by atoms with Gasteiger partial charge in [0.1, 0.15) is 11.5 Å². The standard InChI is InChI=1S/C19H27N3O3/c1-4-21-10-9-20-8-7-15-5-6-17-14(13-22(15)19(21)23)11-16(24-2)12-18(17)25-3/h5,11-12,20H,4,6-10,13H2,1-3H3. The van der Waals surface area contributed by atoms with Gasteiger partial charge in [-0.25, -0.2) is 4.79 Å². The molecule has 2 aliphatic rings. The van der Waals surface area contributed by atoms with E-state index in [1.165, 1.54) is 0 Å². The van der Waals surface area contributed by atoms with Crippen LogP contribution < -0.4 is 14.8 Å². The number of nitrogens with zero attached hydrogens (tertiary/aromatic N) is 2. The molecule has 1 aromatic rings. The van der Waals surface area contributed by atoms with E-state index in [1.807, 2.05) is 28.9 Å². The molecule has 0 aliphatic carbocycles. The van der Waals surface area contributed by atoms with Gasteiger partial charge in [0.15, 0.2) is 0 Å². The van der Waals surface area contributed by atoms with E-state index >= 15 is 0 Å². The SMILES string of the molecule is CCN1CCNCCC2=CCc3c(cc(OC)cc3OC)CN2C1=O. The molecule has 2 heterocycles. The Balaban J connectivity index is 2.02. The van der Waals surface area contributed by atoms with Gasteiger partial charge in [0.05, 0.1) is 20.8 Å². The quantitative estimate of drug-likeness (QED) is 0.914. The normalized spacial score (nSPS) is 18.2. The van der Waals surface area contributed by atoms with Crippen LogP contribution in [0.2, 0.25) is 0 Å². The Hall–Kier alpha value is -2.21. The molecular weight excluding hydrogens is 318 g/mol. The summed E-state index contributed by atoms with van der Waals surface area (Å²) in [4.78, 5) is 16.9. The average molecular weight is 345 g/mol. The van der Waals surface area contributed by atoms with Crippen LogP contribution in [0.15, 0.2) is 23.9 Å². The number of amides is 2. The van der Waals surface area contributed by atoms with Gasteiger partial charge in [-0.05, 0) is 25.0 Å². The number of urea groups is 1. The Morgan fingerprint density at radius 3 is 2.76 bits per heavy atom. The van der Waals surface area contributed by atoms with Crippen molar-refractivity contribution in [1.82, 2.24) is 15.1 Å². The minimum atomic E-state index is 0.0760. The molecule has 0 unspecified atom stereocenters. The highest BCUT2D eigenvalue weighted by molar-refractivity contribution is 5.77. The van der Waals surface area contributed by atoms with Gasteiger partial charge >= 0.3 is 6.03 Å². The van der Waals surface area contributed by atoms with E-state index in [9.17, 15) is 4.79 Å². The molecular formula is C19H27N3O3. The Morgan fingerprint density at radius 1 is 1.20 bits per heavy atom. The number of rotatable bonds is 3. The number of carbonyl (C=O) groups excluding carboxylic acids is 1. The molecule has 1 aromatic carbocycles. The first-order valence-electron chi connectivity index (χ1n) is 8.87. The van der Waals surface area contributed by atoms with Crippen molar-refractivity contribution in [3.63, 3.8) is 0 Å². The van der Waals surface area contributed by atoms with Crippen LogP contribution in [0.1, 0.15) is 24.5 Å². The number of nitrogens with one attached hydrogen (secondary N) is 1. The van der Waals surface area contributed by atoms with Gasteiger partial charge in [-0.15, -0.1) is 0 Å². The first-order valence-corrected chi connectivity index (χ1v) is 8.87. The summed E-state index contributed by atoms with van der Waals surface area (Å²) >= 11 is 0. The zero-order valence-corrected chi connectivity index (χ0v) is 15.3. The topological polar surface area (TPSA) is 54.0 Å². The van der Waals surface area contributed by atoms with Crippen molar-refractivity contribution < 1.29 is 14.3 Å². The predicted octanol–water partition coefficient (Wildman–Crippen LogP) is 2.38. The number of carbonyl (C=O) groups is 1. The second kappa shape index (κ2) is 7.78. The predicted molar refractivity (Wildman–Crippen MR) is 97.0 cm³/mol. The minimum absolute atomic E-state index is 0.0760. The van der Waals surface area contributed by atoms with Gasteiger partial charge in [0.2, 0.25) is 0 Å². The van der Waals surface area contributed by atoms with E-state index in [0.29, 0.717) is 13.1 Å². The minimum Gasteiger partial charge on any atom is -0.497 e. The molecule has 1 fully saturated rings. The van der Waals surface area contributed by atoms with E-state index in [2.05, 4.69) is 11.4 Å². The second-order valence-corrected chi connectivity index (χ2v) is 6.32. The zero-order valence-electron chi connectivity index (χ0n) is 15.3. The van der Waals surface area contributed by atoms with Gasteiger partial charge in [0.25, 0.3) is 0 Å². The third-order valence-electron chi connectivity index (χ3n) is 4.95. The lowest BCUT2D eigenvalue weighted by Crippen LogP contribution is -2.43.